The van der Waals surface area contributed by atoms with Crippen molar-refractivity contribution in [1.29, 1.82) is 0 Å². The molecule has 0 spiro atoms. The van der Waals surface area contributed by atoms with Gasteiger partial charge in [0.25, 0.3) is 0 Å². The zero-order chi connectivity index (χ0) is 20.0. The van der Waals surface area contributed by atoms with E-state index in [1.54, 1.807) is 0 Å². The Morgan fingerprint density at radius 1 is 1.00 bits per heavy atom. The van der Waals surface area contributed by atoms with Crippen LogP contribution in [0.3, 0.4) is 0 Å². The minimum absolute atomic E-state index is 0.0222. The Morgan fingerprint density at radius 2 is 1.48 bits per heavy atom. The van der Waals surface area contributed by atoms with Gasteiger partial charge in [0, 0.05) is 12.7 Å². The third-order valence-corrected chi connectivity index (χ3v) is 2.97. The summed E-state index contributed by atoms with van der Waals surface area (Å²) >= 11 is 5.22. The van der Waals surface area contributed by atoms with E-state index < -0.39 is 51.5 Å². The van der Waals surface area contributed by atoms with Gasteiger partial charge < -0.3 is 4.90 Å². The largest absolute Gasteiger partial charge is 0.460 e. The summed E-state index contributed by atoms with van der Waals surface area (Å²) in [4.78, 5) is 13.7. The number of carbonyl (C=O) groups is 1. The van der Waals surface area contributed by atoms with Crippen LogP contribution in [0, 0.1) is 0 Å². The highest BCUT2D eigenvalue weighted by Gasteiger charge is 2.76. The predicted octanol–water partition coefficient (Wildman–Crippen LogP) is 4.55. The number of halogens is 11. The van der Waals surface area contributed by atoms with Crippen LogP contribution in [0.2, 0.25) is 5.15 Å². The molecule has 0 unspecified atom stereocenters. The Bertz CT molecular complexity index is 670. The Hall–Kier alpha value is -1.79. The molecular weight excluding hydrogens is 402 g/mol. The van der Waals surface area contributed by atoms with Crippen molar-refractivity contribution in [2.24, 2.45) is 0 Å². The average Bonchev–Trinajstić information content (AvgIpc) is 2.42. The lowest BCUT2D eigenvalue weighted by Crippen LogP contribution is -2.59. The Kier molecular flexibility index (Phi) is 5.25. The van der Waals surface area contributed by atoms with Crippen molar-refractivity contribution in [1.82, 2.24) is 4.98 Å². The fourth-order valence-electron chi connectivity index (χ4n) is 1.46. The van der Waals surface area contributed by atoms with Gasteiger partial charge >= 0.3 is 30.1 Å². The van der Waals surface area contributed by atoms with E-state index in [2.05, 4.69) is 4.98 Å². The van der Waals surface area contributed by atoms with Crippen LogP contribution in [0.1, 0.15) is 5.69 Å². The highest BCUT2D eigenvalue weighted by atomic mass is 35.5. The molecule has 0 saturated heterocycles. The van der Waals surface area contributed by atoms with Gasteiger partial charge in [0.1, 0.15) is 10.8 Å². The summed E-state index contributed by atoms with van der Waals surface area (Å²) < 4.78 is 126. The van der Waals surface area contributed by atoms with E-state index in [1.165, 1.54) is 0 Å². The number of nitrogens with zero attached hydrogens (tertiary/aromatic N) is 2. The fourth-order valence-corrected chi connectivity index (χ4v) is 1.67. The molecule has 0 radical (unpaired) electrons. The predicted molar refractivity (Wildman–Crippen MR) is 63.6 cm³/mol. The number of rotatable bonds is 3. The summed E-state index contributed by atoms with van der Waals surface area (Å²) in [5.74, 6) is -16.1. The normalized spacial score (nSPS) is 13.8. The second kappa shape index (κ2) is 6.18. The van der Waals surface area contributed by atoms with Crippen molar-refractivity contribution >= 4 is 23.2 Å². The summed E-state index contributed by atoms with van der Waals surface area (Å²) in [5.41, 5.74) is -2.89. The molecule has 142 valence electrons. The van der Waals surface area contributed by atoms with Gasteiger partial charge in [0.15, 0.2) is 0 Å². The molecule has 1 heterocycles. The van der Waals surface area contributed by atoms with Gasteiger partial charge in [-0.1, -0.05) is 11.6 Å². The van der Waals surface area contributed by atoms with Crippen molar-refractivity contribution in [3.63, 3.8) is 0 Å². The molecule has 0 aromatic carbocycles. The van der Waals surface area contributed by atoms with E-state index in [4.69, 9.17) is 11.6 Å². The SMILES string of the molecule is CN(C(=O)C(F)(F)C(F)(F)C(F)(F)F)c1cc(Cl)nc(C(F)(F)F)c1. The number of hydrogen-bond donors (Lipinski definition) is 0. The quantitative estimate of drug-likeness (QED) is 0.545. The van der Waals surface area contributed by atoms with Crippen LogP contribution in [0.15, 0.2) is 12.1 Å². The van der Waals surface area contributed by atoms with E-state index in [1.807, 2.05) is 0 Å². The third kappa shape index (κ3) is 3.90. The molecule has 1 aromatic heterocycles. The van der Waals surface area contributed by atoms with Crippen molar-refractivity contribution in [2.75, 3.05) is 11.9 Å². The van der Waals surface area contributed by atoms with Gasteiger partial charge in [-0.25, -0.2) is 4.98 Å². The first-order valence-corrected chi connectivity index (χ1v) is 6.16. The molecule has 0 fully saturated rings. The standard InChI is InChI=1S/C11H5ClF10N2O/c1-24(4-2-5(9(15,16)17)23-6(12)3-4)7(25)8(13,14)10(18,19)11(20,21)22/h2-3H,1H3. The highest BCUT2D eigenvalue weighted by Crippen LogP contribution is 2.47. The molecule has 1 aromatic rings. The number of alkyl halides is 10. The van der Waals surface area contributed by atoms with E-state index in [9.17, 15) is 48.7 Å². The molecule has 0 saturated carbocycles. The summed E-state index contributed by atoms with van der Waals surface area (Å²) in [5, 5.41) is -0.963. The van der Waals surface area contributed by atoms with Gasteiger partial charge in [-0.05, 0) is 12.1 Å². The Balaban J connectivity index is 3.34. The smallest absolute Gasteiger partial charge is 0.310 e. The van der Waals surface area contributed by atoms with Crippen molar-refractivity contribution < 1.29 is 48.7 Å². The molecule has 0 aliphatic rings. The van der Waals surface area contributed by atoms with E-state index in [0.717, 1.165) is 0 Å². The second-order valence-corrected chi connectivity index (χ2v) is 4.93. The van der Waals surface area contributed by atoms with Gasteiger partial charge in [0.2, 0.25) is 0 Å². The van der Waals surface area contributed by atoms with Gasteiger partial charge in [0.05, 0.1) is 0 Å². The Labute approximate surface area is 137 Å². The van der Waals surface area contributed by atoms with Gasteiger partial charge in [-0.3, -0.25) is 4.79 Å². The molecule has 0 N–H and O–H groups in total. The monoisotopic (exact) mass is 406 g/mol. The van der Waals surface area contributed by atoms with Crippen molar-refractivity contribution in [3.8, 4) is 0 Å². The molecule has 0 atom stereocenters. The third-order valence-electron chi connectivity index (χ3n) is 2.78. The van der Waals surface area contributed by atoms with Crippen molar-refractivity contribution in [3.05, 3.63) is 23.0 Å². The molecule has 25 heavy (non-hydrogen) atoms. The summed E-state index contributed by atoms with van der Waals surface area (Å²) in [6.07, 6.45) is -11.9. The molecule has 14 heteroatoms. The molecular formula is C11H5ClF10N2O. The summed E-state index contributed by atoms with van der Waals surface area (Å²) in [6.45, 7) is 0. The second-order valence-electron chi connectivity index (χ2n) is 4.54. The Morgan fingerprint density at radius 3 is 1.88 bits per heavy atom. The van der Waals surface area contributed by atoms with Crippen LogP contribution < -0.4 is 4.90 Å². The molecule has 3 nitrogen and oxygen atoms in total. The number of amides is 1. The maximum absolute atomic E-state index is 13.3. The van der Waals surface area contributed by atoms with E-state index in [-0.39, 0.29) is 13.1 Å². The number of pyridine rings is 1. The van der Waals surface area contributed by atoms with E-state index in [0.29, 0.717) is 6.07 Å². The molecule has 1 amide bonds. The van der Waals surface area contributed by atoms with Gasteiger partial charge in [-0.15, -0.1) is 0 Å². The lowest BCUT2D eigenvalue weighted by molar-refractivity contribution is -0.343. The molecule has 1 rings (SSSR count). The van der Waals surface area contributed by atoms with Gasteiger partial charge in [-0.2, -0.15) is 43.9 Å². The van der Waals surface area contributed by atoms with Crippen LogP contribution in [0.5, 0.6) is 0 Å². The number of hydrogen-bond acceptors (Lipinski definition) is 2. The number of carbonyl (C=O) groups excluding carboxylic acids is 1. The zero-order valence-electron chi connectivity index (χ0n) is 11.6. The maximum atomic E-state index is 13.3. The number of anilines is 1. The number of aromatic nitrogens is 1. The van der Waals surface area contributed by atoms with Crippen LogP contribution in [-0.2, 0) is 11.0 Å². The summed E-state index contributed by atoms with van der Waals surface area (Å²) in [7, 11) is 0.272. The first-order chi connectivity index (χ1) is 10.9. The first-order valence-electron chi connectivity index (χ1n) is 5.78. The van der Waals surface area contributed by atoms with E-state index >= 15 is 0 Å². The van der Waals surface area contributed by atoms with Crippen LogP contribution in [0.4, 0.5) is 49.6 Å². The average molecular weight is 407 g/mol. The highest BCUT2D eigenvalue weighted by molar-refractivity contribution is 6.29. The molecule has 0 bridgehead atoms. The maximum Gasteiger partial charge on any atom is 0.460 e. The molecule has 0 aliphatic heterocycles. The van der Waals surface area contributed by atoms with Crippen LogP contribution in [-0.4, -0.2) is 36.0 Å². The van der Waals surface area contributed by atoms with Crippen LogP contribution >= 0.6 is 11.6 Å². The fraction of sp³-hybridized carbons (Fsp3) is 0.455. The lowest BCUT2D eigenvalue weighted by Gasteiger charge is -2.30. The minimum Gasteiger partial charge on any atom is -0.310 e. The lowest BCUT2D eigenvalue weighted by atomic mass is 10.1. The zero-order valence-corrected chi connectivity index (χ0v) is 12.4. The molecule has 0 aliphatic carbocycles. The van der Waals surface area contributed by atoms with Crippen LogP contribution in [0.25, 0.3) is 0 Å². The summed E-state index contributed by atoms with van der Waals surface area (Å²) in [6, 6.07) is 0.377. The topological polar surface area (TPSA) is 33.2 Å². The van der Waals surface area contributed by atoms with Crippen molar-refractivity contribution in [2.45, 2.75) is 24.2 Å². The minimum atomic E-state index is -6.78. The first kappa shape index (κ1) is 21.3.